The molecule has 2 nitrogen and oxygen atoms in total. The van der Waals surface area contributed by atoms with Gasteiger partial charge in [0.25, 0.3) is 0 Å². The van der Waals surface area contributed by atoms with Crippen molar-refractivity contribution in [3.8, 4) is 17.2 Å². The highest BCUT2D eigenvalue weighted by molar-refractivity contribution is 7.25. The van der Waals surface area contributed by atoms with Gasteiger partial charge in [0.15, 0.2) is 0 Å². The Bertz CT molecular complexity index is 1870. The predicted molar refractivity (Wildman–Crippen MR) is 171 cm³/mol. The Kier molecular flexibility index (Phi) is 7.10. The molecule has 0 amide bonds. The number of thiophene rings is 1. The van der Waals surface area contributed by atoms with Crippen LogP contribution in [0.25, 0.3) is 31.3 Å². The van der Waals surface area contributed by atoms with Gasteiger partial charge >= 0.3 is 0 Å². The molecule has 1 heterocycles. The molecule has 0 aliphatic heterocycles. The third kappa shape index (κ3) is 4.98. The maximum atomic E-state index is 9.60. The Balaban J connectivity index is 1.55. The monoisotopic (exact) mass is 532 g/mol. The normalized spacial score (nSPS) is 14.0. The second-order valence-corrected chi connectivity index (χ2v) is 11.1. The van der Waals surface area contributed by atoms with E-state index in [0.29, 0.717) is 12.0 Å². The number of nitriles is 1. The zero-order chi connectivity index (χ0) is 27.5. The standard InChI is InChI=1S/C37H28N2S/c1-3-33(39-34(20-25(2)27-13-7-8-14-27)29-17-11-12-26(21-29)24-38)32-22-30(28-15-5-4-6-16-28)23-36-37(32)31-18-9-10-19-35(31)40-36/h3-19,21-23,27,34H,1-2,20H2/b39-33+. The Hall–Kier alpha value is -4.78. The van der Waals surface area contributed by atoms with Gasteiger partial charge in [-0.05, 0) is 59.5 Å². The number of fused-ring (bicyclic) bond motifs is 3. The van der Waals surface area contributed by atoms with Gasteiger partial charge < -0.3 is 0 Å². The molecule has 0 fully saturated rings. The van der Waals surface area contributed by atoms with Crippen LogP contribution in [0, 0.1) is 17.2 Å². The average Bonchev–Trinajstić information content (AvgIpc) is 3.68. The number of allylic oxidation sites excluding steroid dienone is 5. The molecule has 0 bridgehead atoms. The summed E-state index contributed by atoms with van der Waals surface area (Å²) in [5, 5.41) is 12.0. The SMILES string of the molecule is C=C/C(=N\C(CC(=C)C1C=CC=C1)c1cccc(C#N)c1)c1cc(-c2ccccc2)cc2sc3ccccc3c12. The van der Waals surface area contributed by atoms with Crippen molar-refractivity contribution in [2.24, 2.45) is 10.9 Å². The lowest BCUT2D eigenvalue weighted by atomic mass is 9.91. The molecule has 4 aromatic carbocycles. The fourth-order valence-corrected chi connectivity index (χ4v) is 6.57. The molecular formula is C37H28N2S. The van der Waals surface area contributed by atoms with E-state index in [0.717, 1.165) is 33.5 Å². The largest absolute Gasteiger partial charge is 0.276 e. The number of aliphatic imine (C=N–C) groups is 1. The van der Waals surface area contributed by atoms with Gasteiger partial charge in [-0.25, -0.2) is 0 Å². The highest BCUT2D eigenvalue weighted by atomic mass is 32.1. The first-order valence-corrected chi connectivity index (χ1v) is 14.2. The summed E-state index contributed by atoms with van der Waals surface area (Å²) in [6, 6.07) is 33.4. The van der Waals surface area contributed by atoms with Crippen LogP contribution >= 0.6 is 11.3 Å². The zero-order valence-electron chi connectivity index (χ0n) is 22.1. The summed E-state index contributed by atoms with van der Waals surface area (Å²) in [5.74, 6) is 0.193. The van der Waals surface area contributed by atoms with Crippen LogP contribution in [-0.2, 0) is 0 Å². The lowest BCUT2D eigenvalue weighted by Gasteiger charge is -2.19. The molecule has 1 aromatic heterocycles. The minimum atomic E-state index is -0.212. The second-order valence-electron chi connectivity index (χ2n) is 9.99. The van der Waals surface area contributed by atoms with Crippen molar-refractivity contribution >= 4 is 37.2 Å². The van der Waals surface area contributed by atoms with E-state index in [2.05, 4.69) is 110 Å². The lowest BCUT2D eigenvalue weighted by molar-refractivity contribution is 0.688. The van der Waals surface area contributed by atoms with Crippen molar-refractivity contribution in [2.75, 3.05) is 0 Å². The molecular weight excluding hydrogens is 504 g/mol. The molecule has 0 radical (unpaired) electrons. The summed E-state index contributed by atoms with van der Waals surface area (Å²) in [6.45, 7) is 8.65. The number of benzene rings is 4. The quantitative estimate of drug-likeness (QED) is 0.145. The first-order valence-electron chi connectivity index (χ1n) is 13.4. The topological polar surface area (TPSA) is 36.1 Å². The molecule has 0 saturated heterocycles. The van der Waals surface area contributed by atoms with Crippen molar-refractivity contribution in [1.29, 1.82) is 5.26 Å². The molecule has 0 saturated carbocycles. The average molecular weight is 533 g/mol. The summed E-state index contributed by atoms with van der Waals surface area (Å²) in [6.07, 6.45) is 11.0. The fraction of sp³-hybridized carbons (Fsp3) is 0.0811. The first kappa shape index (κ1) is 25.5. The molecule has 1 atom stereocenters. The Labute approximate surface area is 239 Å². The minimum absolute atomic E-state index is 0.193. The van der Waals surface area contributed by atoms with Gasteiger partial charge in [0.2, 0.25) is 0 Å². The molecule has 3 heteroatoms. The van der Waals surface area contributed by atoms with Crippen molar-refractivity contribution in [1.82, 2.24) is 0 Å². The smallest absolute Gasteiger partial charge is 0.0991 e. The Morgan fingerprint density at radius 3 is 2.45 bits per heavy atom. The molecule has 192 valence electrons. The maximum absolute atomic E-state index is 9.60. The van der Waals surface area contributed by atoms with Crippen LogP contribution in [0.3, 0.4) is 0 Å². The van der Waals surface area contributed by atoms with Crippen molar-refractivity contribution in [3.05, 3.63) is 157 Å². The molecule has 40 heavy (non-hydrogen) atoms. The van der Waals surface area contributed by atoms with Crippen LogP contribution in [0.2, 0.25) is 0 Å². The van der Waals surface area contributed by atoms with Gasteiger partial charge in [0.05, 0.1) is 23.4 Å². The van der Waals surface area contributed by atoms with Gasteiger partial charge in [0.1, 0.15) is 0 Å². The van der Waals surface area contributed by atoms with Crippen LogP contribution in [0.15, 0.2) is 145 Å². The van der Waals surface area contributed by atoms with Gasteiger partial charge in [-0.2, -0.15) is 5.26 Å². The van der Waals surface area contributed by atoms with E-state index in [1.54, 1.807) is 11.3 Å². The van der Waals surface area contributed by atoms with Gasteiger partial charge in [-0.3, -0.25) is 4.99 Å². The third-order valence-electron chi connectivity index (χ3n) is 7.43. The molecule has 1 unspecified atom stereocenters. The molecule has 1 aliphatic carbocycles. The maximum Gasteiger partial charge on any atom is 0.0991 e. The third-order valence-corrected chi connectivity index (χ3v) is 8.54. The van der Waals surface area contributed by atoms with Crippen LogP contribution in [-0.4, -0.2) is 5.71 Å². The Morgan fingerprint density at radius 2 is 1.68 bits per heavy atom. The molecule has 1 aliphatic rings. The Morgan fingerprint density at radius 1 is 0.900 bits per heavy atom. The summed E-state index contributed by atoms with van der Waals surface area (Å²) in [7, 11) is 0. The summed E-state index contributed by atoms with van der Waals surface area (Å²) >= 11 is 1.81. The van der Waals surface area contributed by atoms with E-state index in [1.807, 2.05) is 30.3 Å². The van der Waals surface area contributed by atoms with Crippen molar-refractivity contribution < 1.29 is 0 Å². The first-order chi connectivity index (χ1) is 19.6. The van der Waals surface area contributed by atoms with E-state index >= 15 is 0 Å². The van der Waals surface area contributed by atoms with E-state index < -0.39 is 0 Å². The summed E-state index contributed by atoms with van der Waals surface area (Å²) in [4.78, 5) is 5.38. The number of rotatable bonds is 8. The zero-order valence-corrected chi connectivity index (χ0v) is 22.9. The highest BCUT2D eigenvalue weighted by Crippen LogP contribution is 2.40. The molecule has 0 N–H and O–H groups in total. The molecule has 0 spiro atoms. The van der Waals surface area contributed by atoms with E-state index in [1.165, 1.54) is 20.2 Å². The summed E-state index contributed by atoms with van der Waals surface area (Å²) < 4.78 is 2.47. The molecule has 6 rings (SSSR count). The van der Waals surface area contributed by atoms with Crippen LogP contribution in [0.5, 0.6) is 0 Å². The van der Waals surface area contributed by atoms with Crippen LogP contribution in [0.4, 0.5) is 0 Å². The van der Waals surface area contributed by atoms with Crippen LogP contribution < -0.4 is 0 Å². The van der Waals surface area contributed by atoms with Gasteiger partial charge in [-0.15, -0.1) is 11.3 Å². The van der Waals surface area contributed by atoms with Crippen molar-refractivity contribution in [2.45, 2.75) is 12.5 Å². The predicted octanol–water partition coefficient (Wildman–Crippen LogP) is 10.00. The van der Waals surface area contributed by atoms with E-state index in [9.17, 15) is 5.26 Å². The van der Waals surface area contributed by atoms with Crippen LogP contribution in [0.1, 0.15) is 29.2 Å². The van der Waals surface area contributed by atoms with Gasteiger partial charge in [-0.1, -0.05) is 104 Å². The fourth-order valence-electron chi connectivity index (χ4n) is 5.40. The number of hydrogen-bond acceptors (Lipinski definition) is 3. The van der Waals surface area contributed by atoms with Gasteiger partial charge in [0, 0.05) is 31.7 Å². The minimum Gasteiger partial charge on any atom is -0.276 e. The molecule has 5 aromatic rings. The highest BCUT2D eigenvalue weighted by Gasteiger charge is 2.20. The summed E-state index contributed by atoms with van der Waals surface area (Å²) in [5.41, 5.74) is 6.93. The van der Waals surface area contributed by atoms with E-state index in [-0.39, 0.29) is 12.0 Å². The number of hydrogen-bond donors (Lipinski definition) is 0. The second kappa shape index (κ2) is 11.1. The van der Waals surface area contributed by atoms with Crippen molar-refractivity contribution in [3.63, 3.8) is 0 Å². The van der Waals surface area contributed by atoms with E-state index in [4.69, 9.17) is 4.99 Å². The lowest BCUT2D eigenvalue weighted by Crippen LogP contribution is -2.07. The number of nitrogens with zero attached hydrogens (tertiary/aromatic N) is 2.